The lowest BCUT2D eigenvalue weighted by atomic mass is 10.0. The molecule has 3 aromatic heterocycles. The highest BCUT2D eigenvalue weighted by molar-refractivity contribution is 6.13. The van der Waals surface area contributed by atoms with Crippen molar-refractivity contribution in [3.8, 4) is 51.0 Å². The lowest BCUT2D eigenvalue weighted by Crippen LogP contribution is -2.01. The molecule has 5 nitrogen and oxygen atoms in total. The molecule has 0 saturated carbocycles. The summed E-state index contributed by atoms with van der Waals surface area (Å²) in [5.41, 5.74) is 12.3. The van der Waals surface area contributed by atoms with E-state index in [2.05, 4.69) is 137 Å². The van der Waals surface area contributed by atoms with Crippen LogP contribution in [0.2, 0.25) is 0 Å². The smallest absolute Gasteiger partial charge is 0.164 e. The molecule has 0 spiro atoms. The van der Waals surface area contributed by atoms with Crippen LogP contribution in [0, 0.1) is 0 Å². The summed E-state index contributed by atoms with van der Waals surface area (Å²) in [6, 6.07) is 60.1. The minimum absolute atomic E-state index is 0.634. The minimum atomic E-state index is 0.634. The van der Waals surface area contributed by atoms with Gasteiger partial charge in [-0.25, -0.2) is 15.0 Å². The van der Waals surface area contributed by atoms with Gasteiger partial charge >= 0.3 is 0 Å². The van der Waals surface area contributed by atoms with Gasteiger partial charge in [-0.15, -0.1) is 0 Å². The zero-order valence-electron chi connectivity index (χ0n) is 30.5. The van der Waals surface area contributed by atoms with Gasteiger partial charge in [0.2, 0.25) is 0 Å². The Labute approximate surface area is 324 Å². The molecule has 264 valence electrons. The summed E-state index contributed by atoms with van der Waals surface area (Å²) in [5, 5.41) is 4.96. The minimum Gasteiger partial charge on any atom is -0.310 e. The van der Waals surface area contributed by atoms with E-state index in [9.17, 15) is 0 Å². The van der Waals surface area contributed by atoms with Crippen molar-refractivity contribution in [1.82, 2.24) is 24.1 Å². The van der Waals surface area contributed by atoms with E-state index in [4.69, 9.17) is 15.0 Å². The van der Waals surface area contributed by atoms with E-state index in [0.29, 0.717) is 17.5 Å². The average Bonchev–Trinajstić information content (AvgIpc) is 3.79. The predicted octanol–water partition coefficient (Wildman–Crippen LogP) is 12.9. The normalized spacial score (nSPS) is 12.9. The molecule has 0 N–H and O–H groups in total. The van der Waals surface area contributed by atoms with Crippen LogP contribution in [0.15, 0.2) is 188 Å². The zero-order valence-corrected chi connectivity index (χ0v) is 30.5. The highest BCUT2D eigenvalue weighted by Gasteiger charge is 2.18. The van der Waals surface area contributed by atoms with Crippen molar-refractivity contribution in [3.05, 3.63) is 188 Å². The Hall–Kier alpha value is -7.37. The lowest BCUT2D eigenvalue weighted by Gasteiger charge is -2.13. The van der Waals surface area contributed by atoms with Gasteiger partial charge in [-0.3, -0.25) is 0 Å². The first kappa shape index (κ1) is 32.1. The Morgan fingerprint density at radius 2 is 0.911 bits per heavy atom. The van der Waals surface area contributed by atoms with Crippen molar-refractivity contribution in [2.24, 2.45) is 0 Å². The molecule has 7 aromatic carbocycles. The summed E-state index contributed by atoms with van der Waals surface area (Å²) in [7, 11) is 0. The summed E-state index contributed by atoms with van der Waals surface area (Å²) >= 11 is 0. The van der Waals surface area contributed by atoms with Crippen LogP contribution >= 0.6 is 0 Å². The topological polar surface area (TPSA) is 48.5 Å². The summed E-state index contributed by atoms with van der Waals surface area (Å²) in [6.45, 7) is 0. The standard InChI is InChI=1S/C51H35N5/c1-4-15-34(16-5-1)49-52-50(35-17-6-2-7-18-35)54-51(53-49)38-19-14-22-40(31-38)56-46-26-13-11-24-42(46)44-32-36(28-30-47(44)56)37-27-29-43-41-23-10-12-25-45(41)55(48(43)33-37)39-20-8-3-9-21-39/h1-2,4-8,10-33H,3,9H2. The highest BCUT2D eigenvalue weighted by atomic mass is 15.0. The van der Waals surface area contributed by atoms with Gasteiger partial charge < -0.3 is 9.13 Å². The maximum absolute atomic E-state index is 5.02. The number of hydrogen-bond acceptors (Lipinski definition) is 3. The number of rotatable bonds is 6. The number of allylic oxidation sites excluding steroid dienone is 4. The predicted molar refractivity (Wildman–Crippen MR) is 232 cm³/mol. The number of nitrogens with zero attached hydrogens (tertiary/aromatic N) is 5. The number of benzene rings is 7. The van der Waals surface area contributed by atoms with Gasteiger partial charge in [-0.1, -0.05) is 140 Å². The molecule has 0 saturated heterocycles. The Bertz CT molecular complexity index is 3130. The Morgan fingerprint density at radius 1 is 0.357 bits per heavy atom. The maximum atomic E-state index is 5.02. The van der Waals surface area contributed by atoms with Crippen LogP contribution in [0.3, 0.4) is 0 Å². The zero-order chi connectivity index (χ0) is 37.0. The number of para-hydroxylation sites is 2. The molecule has 1 aliphatic carbocycles. The number of hydrogen-bond donors (Lipinski definition) is 0. The molecule has 0 radical (unpaired) electrons. The molecular formula is C51H35N5. The van der Waals surface area contributed by atoms with E-state index in [-0.39, 0.29) is 0 Å². The fourth-order valence-electron chi connectivity index (χ4n) is 8.35. The fraction of sp³-hybridized carbons (Fsp3) is 0.0392. The van der Waals surface area contributed by atoms with E-state index < -0.39 is 0 Å². The first-order valence-electron chi connectivity index (χ1n) is 19.2. The van der Waals surface area contributed by atoms with Gasteiger partial charge in [0, 0.05) is 49.6 Å². The highest BCUT2D eigenvalue weighted by Crippen LogP contribution is 2.39. The van der Waals surface area contributed by atoms with Crippen LogP contribution < -0.4 is 0 Å². The van der Waals surface area contributed by atoms with Crippen molar-refractivity contribution < 1.29 is 0 Å². The van der Waals surface area contributed by atoms with Crippen LogP contribution in [-0.2, 0) is 0 Å². The van der Waals surface area contributed by atoms with Crippen molar-refractivity contribution in [1.29, 1.82) is 0 Å². The second kappa shape index (κ2) is 13.2. The Kier molecular flexibility index (Phi) is 7.56. The molecule has 56 heavy (non-hydrogen) atoms. The molecule has 0 unspecified atom stereocenters. The summed E-state index contributed by atoms with van der Waals surface area (Å²) in [5.74, 6) is 1.93. The van der Waals surface area contributed by atoms with Crippen LogP contribution in [-0.4, -0.2) is 24.1 Å². The van der Waals surface area contributed by atoms with E-state index in [1.54, 1.807) is 0 Å². The monoisotopic (exact) mass is 717 g/mol. The average molecular weight is 718 g/mol. The molecule has 10 aromatic rings. The molecular weight excluding hydrogens is 683 g/mol. The quantitative estimate of drug-likeness (QED) is 0.172. The Balaban J connectivity index is 1.05. The molecule has 11 rings (SSSR count). The first-order valence-corrected chi connectivity index (χ1v) is 19.2. The van der Waals surface area contributed by atoms with Crippen LogP contribution in [0.4, 0.5) is 0 Å². The third kappa shape index (κ3) is 5.36. The van der Waals surface area contributed by atoms with Gasteiger partial charge in [-0.05, 0) is 72.5 Å². The van der Waals surface area contributed by atoms with E-state index in [1.165, 1.54) is 49.4 Å². The van der Waals surface area contributed by atoms with Gasteiger partial charge in [0.1, 0.15) is 0 Å². The molecule has 0 fully saturated rings. The maximum Gasteiger partial charge on any atom is 0.164 e. The third-order valence-electron chi connectivity index (χ3n) is 11.0. The van der Waals surface area contributed by atoms with Gasteiger partial charge in [0.15, 0.2) is 17.5 Å². The second-order valence-electron chi connectivity index (χ2n) is 14.4. The number of fused-ring (bicyclic) bond motifs is 6. The number of aromatic nitrogens is 5. The molecule has 0 amide bonds. The van der Waals surface area contributed by atoms with Crippen molar-refractivity contribution in [3.63, 3.8) is 0 Å². The molecule has 0 bridgehead atoms. The molecule has 3 heterocycles. The summed E-state index contributed by atoms with van der Waals surface area (Å²) in [4.78, 5) is 15.0. The van der Waals surface area contributed by atoms with Crippen LogP contribution in [0.5, 0.6) is 0 Å². The molecule has 0 aliphatic heterocycles. The van der Waals surface area contributed by atoms with Crippen molar-refractivity contribution in [2.75, 3.05) is 0 Å². The first-order chi connectivity index (χ1) is 27.8. The molecule has 1 aliphatic rings. The molecule has 5 heteroatoms. The molecule has 0 atom stereocenters. The van der Waals surface area contributed by atoms with Gasteiger partial charge in [0.25, 0.3) is 0 Å². The van der Waals surface area contributed by atoms with Gasteiger partial charge in [-0.2, -0.15) is 0 Å². The van der Waals surface area contributed by atoms with Crippen LogP contribution in [0.1, 0.15) is 12.8 Å². The van der Waals surface area contributed by atoms with Crippen molar-refractivity contribution in [2.45, 2.75) is 12.8 Å². The third-order valence-corrected chi connectivity index (χ3v) is 11.0. The van der Waals surface area contributed by atoms with Crippen LogP contribution in [0.25, 0.3) is 100 Å². The fourth-order valence-corrected chi connectivity index (χ4v) is 8.35. The summed E-state index contributed by atoms with van der Waals surface area (Å²) in [6.07, 6.45) is 9.06. The van der Waals surface area contributed by atoms with Crippen molar-refractivity contribution >= 4 is 49.3 Å². The SMILES string of the molecule is C1=CC(n2c3ccccc3c3ccc(-c4ccc5c(c4)c4ccccc4n5-c4cccc(-c5nc(-c6ccccc6)nc(-c6ccccc6)n5)c4)cc32)=CCC1. The van der Waals surface area contributed by atoms with Gasteiger partial charge in [0.05, 0.1) is 22.1 Å². The lowest BCUT2D eigenvalue weighted by molar-refractivity contribution is 1.02. The summed E-state index contributed by atoms with van der Waals surface area (Å²) < 4.78 is 4.79. The van der Waals surface area contributed by atoms with E-state index >= 15 is 0 Å². The second-order valence-corrected chi connectivity index (χ2v) is 14.4. The van der Waals surface area contributed by atoms with E-state index in [1.807, 2.05) is 60.7 Å². The Morgan fingerprint density at radius 3 is 1.61 bits per heavy atom. The largest absolute Gasteiger partial charge is 0.310 e. The van der Waals surface area contributed by atoms with E-state index in [0.717, 1.165) is 46.3 Å².